The summed E-state index contributed by atoms with van der Waals surface area (Å²) in [6, 6.07) is 7.21. The summed E-state index contributed by atoms with van der Waals surface area (Å²) in [6.07, 6.45) is 4.36. The van der Waals surface area contributed by atoms with Gasteiger partial charge in [-0.25, -0.2) is 4.98 Å². The van der Waals surface area contributed by atoms with Crippen molar-refractivity contribution in [2.24, 2.45) is 0 Å². The second-order valence-corrected chi connectivity index (χ2v) is 9.02. The van der Waals surface area contributed by atoms with Crippen LogP contribution in [0.2, 0.25) is 5.02 Å². The summed E-state index contributed by atoms with van der Waals surface area (Å²) in [7, 11) is 0. The molecule has 6 nitrogen and oxygen atoms in total. The van der Waals surface area contributed by atoms with Crippen LogP contribution < -0.4 is 5.56 Å². The number of nitrogens with zero attached hydrogens (tertiary/aromatic N) is 3. The summed E-state index contributed by atoms with van der Waals surface area (Å²) in [5.74, 6) is 1.50. The third-order valence-corrected chi connectivity index (χ3v) is 6.97. The summed E-state index contributed by atoms with van der Waals surface area (Å²) in [5.41, 5.74) is 1.96. The molecule has 0 fully saturated rings. The monoisotopic (exact) mass is 430 g/mol. The van der Waals surface area contributed by atoms with Crippen molar-refractivity contribution in [2.45, 2.75) is 36.7 Å². The first-order chi connectivity index (χ1) is 13.7. The SMILES string of the molecule is O=c1[nH]c(CSc2nnc(-c3ccc(Cl)cc3)o2)nc2sc3c(c12)CCCC3. The molecule has 0 spiro atoms. The highest BCUT2D eigenvalue weighted by atomic mass is 35.5. The summed E-state index contributed by atoms with van der Waals surface area (Å²) < 4.78 is 5.70. The minimum atomic E-state index is -0.0487. The third kappa shape index (κ3) is 3.36. The number of thioether (sulfide) groups is 1. The van der Waals surface area contributed by atoms with E-state index in [0.717, 1.165) is 35.0 Å². The number of benzene rings is 1. The van der Waals surface area contributed by atoms with Crippen molar-refractivity contribution in [1.82, 2.24) is 20.2 Å². The van der Waals surface area contributed by atoms with E-state index < -0.39 is 0 Å². The lowest BCUT2D eigenvalue weighted by molar-refractivity contribution is 0.465. The second-order valence-electron chi connectivity index (χ2n) is 6.57. The number of halogens is 1. The van der Waals surface area contributed by atoms with Gasteiger partial charge in [-0.3, -0.25) is 4.79 Å². The smallest absolute Gasteiger partial charge is 0.277 e. The molecule has 1 N–H and O–H groups in total. The molecule has 1 aliphatic rings. The zero-order chi connectivity index (χ0) is 19.1. The molecule has 3 aromatic heterocycles. The lowest BCUT2D eigenvalue weighted by Crippen LogP contribution is -2.12. The molecular formula is C19H15ClN4O2S2. The van der Waals surface area contributed by atoms with Crippen molar-refractivity contribution in [3.8, 4) is 11.5 Å². The van der Waals surface area contributed by atoms with E-state index in [1.54, 1.807) is 23.5 Å². The van der Waals surface area contributed by atoms with E-state index in [-0.39, 0.29) is 5.56 Å². The normalized spacial score (nSPS) is 13.8. The standard InChI is InChI=1S/C19H15ClN4O2S2/c20-11-7-5-10(6-8-11)17-23-24-19(26-17)27-9-14-21-16(25)15-12-3-1-2-4-13(12)28-18(15)22-14/h5-8H,1-4,9H2,(H,21,22,25). The number of nitrogens with one attached hydrogen (secondary N) is 1. The quantitative estimate of drug-likeness (QED) is 0.465. The van der Waals surface area contributed by atoms with Crippen molar-refractivity contribution >= 4 is 44.9 Å². The molecule has 0 radical (unpaired) electrons. The zero-order valence-electron chi connectivity index (χ0n) is 14.7. The molecular weight excluding hydrogens is 416 g/mol. The maximum absolute atomic E-state index is 12.6. The van der Waals surface area contributed by atoms with Crippen LogP contribution >= 0.6 is 34.7 Å². The molecule has 0 saturated carbocycles. The van der Waals surface area contributed by atoms with Crippen LogP contribution in [0.1, 0.15) is 29.1 Å². The van der Waals surface area contributed by atoms with Crippen LogP contribution in [0.3, 0.4) is 0 Å². The van der Waals surface area contributed by atoms with Gasteiger partial charge in [0.2, 0.25) is 5.89 Å². The largest absolute Gasteiger partial charge is 0.411 e. The molecule has 1 aromatic carbocycles. The first-order valence-corrected chi connectivity index (χ1v) is 11.1. The van der Waals surface area contributed by atoms with Crippen molar-refractivity contribution in [1.29, 1.82) is 0 Å². The first kappa shape index (κ1) is 17.9. The predicted octanol–water partition coefficient (Wildman–Crippen LogP) is 4.86. The summed E-state index contributed by atoms with van der Waals surface area (Å²) in [6.45, 7) is 0. The van der Waals surface area contributed by atoms with Gasteiger partial charge in [0.05, 0.1) is 11.1 Å². The van der Waals surface area contributed by atoms with E-state index in [2.05, 4.69) is 20.2 Å². The second kappa shape index (κ2) is 7.35. The Bertz CT molecular complexity index is 1210. The minimum absolute atomic E-state index is 0.0487. The number of rotatable bonds is 4. The van der Waals surface area contributed by atoms with Crippen LogP contribution in [0.15, 0.2) is 38.7 Å². The third-order valence-electron chi connectivity index (χ3n) is 4.70. The maximum atomic E-state index is 12.6. The molecule has 1 aliphatic carbocycles. The van der Waals surface area contributed by atoms with Crippen molar-refractivity contribution < 1.29 is 4.42 Å². The van der Waals surface area contributed by atoms with Gasteiger partial charge in [-0.1, -0.05) is 23.4 Å². The summed E-state index contributed by atoms with van der Waals surface area (Å²) in [4.78, 5) is 22.3. The van der Waals surface area contributed by atoms with E-state index >= 15 is 0 Å². The van der Waals surface area contributed by atoms with Crippen LogP contribution in [-0.2, 0) is 18.6 Å². The Morgan fingerprint density at radius 3 is 2.86 bits per heavy atom. The number of H-pyrrole nitrogens is 1. The molecule has 5 rings (SSSR count). The topological polar surface area (TPSA) is 84.7 Å². The van der Waals surface area contributed by atoms with Gasteiger partial charge < -0.3 is 9.40 Å². The Kier molecular flexibility index (Phi) is 4.70. The fourth-order valence-corrected chi connectivity index (χ4v) is 5.42. The van der Waals surface area contributed by atoms with Gasteiger partial charge >= 0.3 is 0 Å². The van der Waals surface area contributed by atoms with Gasteiger partial charge in [0, 0.05) is 15.5 Å². The zero-order valence-corrected chi connectivity index (χ0v) is 17.1. The number of hydrogen-bond acceptors (Lipinski definition) is 7. The summed E-state index contributed by atoms with van der Waals surface area (Å²) >= 11 is 8.90. The Labute approximate surface area is 173 Å². The molecule has 0 saturated heterocycles. The molecule has 0 bridgehead atoms. The van der Waals surface area contributed by atoms with Gasteiger partial charge in [-0.15, -0.1) is 21.5 Å². The van der Waals surface area contributed by atoms with Crippen LogP contribution in [0.25, 0.3) is 21.7 Å². The highest BCUT2D eigenvalue weighted by molar-refractivity contribution is 7.98. The lowest BCUT2D eigenvalue weighted by atomic mass is 9.97. The van der Waals surface area contributed by atoms with E-state index in [9.17, 15) is 4.79 Å². The van der Waals surface area contributed by atoms with E-state index in [1.807, 2.05) is 12.1 Å². The Morgan fingerprint density at radius 1 is 1.18 bits per heavy atom. The van der Waals surface area contributed by atoms with Crippen molar-refractivity contribution in [3.05, 3.63) is 55.9 Å². The number of aryl methyl sites for hydroxylation is 2. The van der Waals surface area contributed by atoms with Gasteiger partial charge in [0.25, 0.3) is 10.8 Å². The molecule has 28 heavy (non-hydrogen) atoms. The fraction of sp³-hybridized carbons (Fsp3) is 0.263. The Hall–Kier alpha value is -2.16. The van der Waals surface area contributed by atoms with Gasteiger partial charge in [0.1, 0.15) is 10.7 Å². The molecule has 0 unspecified atom stereocenters. The molecule has 0 aliphatic heterocycles. The molecule has 3 heterocycles. The highest BCUT2D eigenvalue weighted by Gasteiger charge is 2.20. The van der Waals surface area contributed by atoms with Crippen LogP contribution in [0, 0.1) is 0 Å². The minimum Gasteiger partial charge on any atom is -0.411 e. The summed E-state index contributed by atoms with van der Waals surface area (Å²) in [5, 5.41) is 9.99. The Balaban J connectivity index is 1.36. The Morgan fingerprint density at radius 2 is 2.00 bits per heavy atom. The molecule has 9 heteroatoms. The van der Waals surface area contributed by atoms with Gasteiger partial charge in [-0.05, 0) is 55.5 Å². The molecule has 0 atom stereocenters. The van der Waals surface area contributed by atoms with E-state index in [0.29, 0.717) is 27.7 Å². The average molecular weight is 431 g/mol. The number of aromatic amines is 1. The fourth-order valence-electron chi connectivity index (χ4n) is 3.38. The van der Waals surface area contributed by atoms with Crippen LogP contribution in [0.5, 0.6) is 0 Å². The molecule has 142 valence electrons. The predicted molar refractivity (Wildman–Crippen MR) is 111 cm³/mol. The van der Waals surface area contributed by atoms with E-state index in [4.69, 9.17) is 16.0 Å². The van der Waals surface area contributed by atoms with Gasteiger partial charge in [0.15, 0.2) is 0 Å². The van der Waals surface area contributed by atoms with Crippen LogP contribution in [0.4, 0.5) is 0 Å². The van der Waals surface area contributed by atoms with Crippen molar-refractivity contribution in [3.63, 3.8) is 0 Å². The number of hydrogen-bond donors (Lipinski definition) is 1. The van der Waals surface area contributed by atoms with E-state index in [1.165, 1.54) is 28.6 Å². The van der Waals surface area contributed by atoms with Crippen LogP contribution in [-0.4, -0.2) is 20.2 Å². The molecule has 4 aromatic rings. The highest BCUT2D eigenvalue weighted by Crippen LogP contribution is 2.34. The number of thiophene rings is 1. The maximum Gasteiger partial charge on any atom is 0.277 e. The first-order valence-electron chi connectivity index (χ1n) is 8.93. The number of aromatic nitrogens is 4. The van der Waals surface area contributed by atoms with Crippen molar-refractivity contribution in [2.75, 3.05) is 0 Å². The van der Waals surface area contributed by atoms with Gasteiger partial charge in [-0.2, -0.15) is 0 Å². The molecule has 0 amide bonds. The lowest BCUT2D eigenvalue weighted by Gasteiger charge is -2.09. The average Bonchev–Trinajstić information content (AvgIpc) is 3.31. The number of fused-ring (bicyclic) bond motifs is 3.